The van der Waals surface area contributed by atoms with E-state index in [0.717, 1.165) is 21.2 Å². The molecular weight excluding hydrogens is 320 g/mol. The van der Waals surface area contributed by atoms with E-state index in [1.165, 1.54) is 0 Å². The third-order valence-electron chi connectivity index (χ3n) is 3.19. The van der Waals surface area contributed by atoms with Crippen LogP contribution < -0.4 is 9.47 Å². The second-order valence-corrected chi connectivity index (χ2v) is 5.40. The van der Waals surface area contributed by atoms with Gasteiger partial charge in [0.2, 0.25) is 0 Å². The van der Waals surface area contributed by atoms with Crippen molar-refractivity contribution in [1.29, 1.82) is 0 Å². The van der Waals surface area contributed by atoms with Gasteiger partial charge in [0.25, 0.3) is 0 Å². The summed E-state index contributed by atoms with van der Waals surface area (Å²) < 4.78 is 11.3. The highest BCUT2D eigenvalue weighted by atomic mass is 79.9. The van der Waals surface area contributed by atoms with Gasteiger partial charge in [-0.2, -0.15) is 0 Å². The first-order chi connectivity index (χ1) is 9.56. The van der Waals surface area contributed by atoms with E-state index in [2.05, 4.69) is 15.9 Å². The average Bonchev–Trinajstić information content (AvgIpc) is 2.47. The number of halogens is 1. The highest BCUT2D eigenvalue weighted by Crippen LogP contribution is 2.37. The number of rotatable bonds is 4. The van der Waals surface area contributed by atoms with Crippen LogP contribution in [0.15, 0.2) is 40.9 Å². The molecule has 0 spiro atoms. The molecule has 0 aliphatic carbocycles. The molecule has 2 aromatic carbocycles. The topological polar surface area (TPSA) is 38.7 Å². The van der Waals surface area contributed by atoms with Gasteiger partial charge >= 0.3 is 0 Å². The summed E-state index contributed by atoms with van der Waals surface area (Å²) in [5, 5.41) is 10.5. The zero-order valence-electron chi connectivity index (χ0n) is 11.7. The fourth-order valence-corrected chi connectivity index (χ4v) is 2.55. The maximum Gasteiger partial charge on any atom is 0.161 e. The Hall–Kier alpha value is -1.52. The number of benzene rings is 2. The lowest BCUT2D eigenvalue weighted by molar-refractivity contribution is 0.218. The van der Waals surface area contributed by atoms with Crippen molar-refractivity contribution in [2.45, 2.75) is 13.0 Å². The van der Waals surface area contributed by atoms with E-state index in [9.17, 15) is 5.11 Å². The van der Waals surface area contributed by atoms with Crippen molar-refractivity contribution < 1.29 is 14.6 Å². The molecule has 0 aromatic heterocycles. The van der Waals surface area contributed by atoms with Crippen LogP contribution in [-0.2, 0) is 0 Å². The molecule has 1 atom stereocenters. The minimum absolute atomic E-state index is 0.594. The van der Waals surface area contributed by atoms with Crippen LogP contribution in [0.1, 0.15) is 22.8 Å². The molecule has 20 heavy (non-hydrogen) atoms. The largest absolute Gasteiger partial charge is 0.493 e. The number of hydrogen-bond donors (Lipinski definition) is 1. The third kappa shape index (κ3) is 2.97. The molecule has 0 heterocycles. The zero-order chi connectivity index (χ0) is 14.7. The van der Waals surface area contributed by atoms with E-state index in [4.69, 9.17) is 9.47 Å². The smallest absolute Gasteiger partial charge is 0.161 e. The molecule has 0 amide bonds. The molecular formula is C16H17BrO3. The van der Waals surface area contributed by atoms with Crippen LogP contribution in [0.3, 0.4) is 0 Å². The fourth-order valence-electron chi connectivity index (χ4n) is 2.01. The first-order valence-electron chi connectivity index (χ1n) is 6.23. The molecule has 0 saturated heterocycles. The number of aliphatic hydroxyl groups is 1. The Morgan fingerprint density at radius 1 is 1.00 bits per heavy atom. The quantitative estimate of drug-likeness (QED) is 0.921. The van der Waals surface area contributed by atoms with E-state index in [1.807, 2.05) is 31.2 Å². The highest BCUT2D eigenvalue weighted by molar-refractivity contribution is 9.10. The molecule has 0 bridgehead atoms. The Morgan fingerprint density at radius 2 is 1.55 bits per heavy atom. The number of hydrogen-bond acceptors (Lipinski definition) is 3. The van der Waals surface area contributed by atoms with E-state index < -0.39 is 6.10 Å². The van der Waals surface area contributed by atoms with Gasteiger partial charge in [0.15, 0.2) is 11.5 Å². The predicted octanol–water partition coefficient (Wildman–Crippen LogP) is 3.86. The normalized spacial score (nSPS) is 12.1. The van der Waals surface area contributed by atoms with Crippen LogP contribution >= 0.6 is 15.9 Å². The summed E-state index contributed by atoms with van der Waals surface area (Å²) in [7, 11) is 3.16. The number of aliphatic hydroxyl groups excluding tert-OH is 1. The Balaban J connectivity index is 2.43. The lowest BCUT2D eigenvalue weighted by atomic mass is 10.00. The summed E-state index contributed by atoms with van der Waals surface area (Å²) in [6.45, 7) is 2.02. The molecule has 0 fully saturated rings. The first-order valence-corrected chi connectivity index (χ1v) is 7.02. The predicted molar refractivity (Wildman–Crippen MR) is 82.5 cm³/mol. The Bertz CT molecular complexity index is 593. The van der Waals surface area contributed by atoms with Crippen molar-refractivity contribution in [3.8, 4) is 11.5 Å². The van der Waals surface area contributed by atoms with Gasteiger partial charge < -0.3 is 14.6 Å². The van der Waals surface area contributed by atoms with Gasteiger partial charge in [-0.05, 0) is 24.6 Å². The second kappa shape index (κ2) is 6.29. The third-order valence-corrected chi connectivity index (χ3v) is 3.88. The summed E-state index contributed by atoms with van der Waals surface area (Å²) in [5.41, 5.74) is 2.74. The van der Waals surface area contributed by atoms with E-state index in [1.54, 1.807) is 26.4 Å². The average molecular weight is 337 g/mol. The van der Waals surface area contributed by atoms with Gasteiger partial charge in [0, 0.05) is 10.0 Å². The minimum Gasteiger partial charge on any atom is -0.493 e. The standard InChI is InChI=1S/C16H17BrO3/c1-10-4-6-11(7-5-10)16(18)12-8-14(19-2)15(20-3)9-13(12)17/h4-9,16,18H,1-3H3. The van der Waals surface area contributed by atoms with Gasteiger partial charge in [-0.15, -0.1) is 0 Å². The monoisotopic (exact) mass is 336 g/mol. The van der Waals surface area contributed by atoms with Gasteiger partial charge in [-0.3, -0.25) is 0 Å². The van der Waals surface area contributed by atoms with Crippen LogP contribution in [-0.4, -0.2) is 19.3 Å². The lowest BCUT2D eigenvalue weighted by Crippen LogP contribution is -2.02. The summed E-state index contributed by atoms with van der Waals surface area (Å²) in [6, 6.07) is 11.4. The summed E-state index contributed by atoms with van der Waals surface area (Å²) in [6.07, 6.45) is -0.718. The molecule has 2 rings (SSSR count). The van der Waals surface area contributed by atoms with Gasteiger partial charge in [0.1, 0.15) is 6.10 Å². The molecule has 0 saturated carbocycles. The van der Waals surface area contributed by atoms with Crippen molar-refractivity contribution >= 4 is 15.9 Å². The molecule has 2 aromatic rings. The van der Waals surface area contributed by atoms with Crippen LogP contribution in [0.4, 0.5) is 0 Å². The highest BCUT2D eigenvalue weighted by Gasteiger charge is 2.17. The first kappa shape index (κ1) is 14.9. The van der Waals surface area contributed by atoms with Crippen LogP contribution in [0, 0.1) is 6.92 Å². The fraction of sp³-hybridized carbons (Fsp3) is 0.250. The molecule has 0 radical (unpaired) electrons. The van der Waals surface area contributed by atoms with Crippen molar-refractivity contribution in [3.63, 3.8) is 0 Å². The van der Waals surface area contributed by atoms with Gasteiger partial charge in [-0.25, -0.2) is 0 Å². The Morgan fingerprint density at radius 3 is 2.10 bits per heavy atom. The van der Waals surface area contributed by atoms with E-state index in [-0.39, 0.29) is 0 Å². The summed E-state index contributed by atoms with van der Waals surface area (Å²) in [5.74, 6) is 1.22. The van der Waals surface area contributed by atoms with Crippen molar-refractivity contribution in [3.05, 3.63) is 57.6 Å². The number of methoxy groups -OCH3 is 2. The van der Waals surface area contributed by atoms with Crippen molar-refractivity contribution in [2.24, 2.45) is 0 Å². The lowest BCUT2D eigenvalue weighted by Gasteiger charge is -2.16. The van der Waals surface area contributed by atoms with Crippen LogP contribution in [0.2, 0.25) is 0 Å². The molecule has 0 aliphatic rings. The van der Waals surface area contributed by atoms with Crippen molar-refractivity contribution in [1.82, 2.24) is 0 Å². The Labute approximate surface area is 127 Å². The number of aryl methyl sites for hydroxylation is 1. The van der Waals surface area contributed by atoms with E-state index >= 15 is 0 Å². The van der Waals surface area contributed by atoms with Crippen LogP contribution in [0.25, 0.3) is 0 Å². The molecule has 106 valence electrons. The molecule has 0 aliphatic heterocycles. The zero-order valence-corrected chi connectivity index (χ0v) is 13.3. The van der Waals surface area contributed by atoms with Crippen LogP contribution in [0.5, 0.6) is 11.5 Å². The molecule has 1 unspecified atom stereocenters. The van der Waals surface area contributed by atoms with Crippen molar-refractivity contribution in [2.75, 3.05) is 14.2 Å². The minimum atomic E-state index is -0.718. The molecule has 1 N–H and O–H groups in total. The maximum absolute atomic E-state index is 10.5. The second-order valence-electron chi connectivity index (χ2n) is 4.54. The van der Waals surface area contributed by atoms with Gasteiger partial charge in [0.05, 0.1) is 14.2 Å². The number of ether oxygens (including phenoxy) is 2. The Kier molecular flexibility index (Phi) is 4.68. The summed E-state index contributed by atoms with van der Waals surface area (Å²) in [4.78, 5) is 0. The molecule has 3 nitrogen and oxygen atoms in total. The molecule has 4 heteroatoms. The SMILES string of the molecule is COc1cc(Br)c(C(O)c2ccc(C)cc2)cc1OC. The van der Waals surface area contributed by atoms with Gasteiger partial charge in [-0.1, -0.05) is 45.8 Å². The summed E-state index contributed by atoms with van der Waals surface area (Å²) >= 11 is 3.47. The maximum atomic E-state index is 10.5. The van der Waals surface area contributed by atoms with E-state index in [0.29, 0.717) is 11.5 Å².